The fourth-order valence-electron chi connectivity index (χ4n) is 9.65. The van der Waals surface area contributed by atoms with Gasteiger partial charge in [0, 0.05) is 38.0 Å². The zero-order chi connectivity index (χ0) is 25.2. The highest BCUT2D eigenvalue weighted by atomic mass is 16.3. The molecule has 0 saturated heterocycles. The van der Waals surface area contributed by atoms with Gasteiger partial charge >= 0.3 is 0 Å². The summed E-state index contributed by atoms with van der Waals surface area (Å²) >= 11 is 0. The number of carbonyl (C=O) groups excluding carboxylic acids is 1. The van der Waals surface area contributed by atoms with Gasteiger partial charge in [0.1, 0.15) is 5.78 Å². The van der Waals surface area contributed by atoms with Gasteiger partial charge in [-0.15, -0.1) is 0 Å². The van der Waals surface area contributed by atoms with Crippen molar-refractivity contribution in [2.45, 2.75) is 136 Å². The largest absolute Gasteiger partial charge is 0.393 e. The fraction of sp³-hybridized carbons (Fsp3) is 0.968. The Bertz CT molecular complexity index is 710. The minimum Gasteiger partial charge on any atom is -0.393 e. The molecule has 0 aromatic carbocycles. The van der Waals surface area contributed by atoms with Crippen molar-refractivity contribution in [1.29, 1.82) is 0 Å². The van der Waals surface area contributed by atoms with E-state index in [2.05, 4.69) is 45.3 Å². The number of carbonyl (C=O) groups is 1. The molecule has 4 fully saturated rings. The van der Waals surface area contributed by atoms with Crippen LogP contribution in [0.2, 0.25) is 0 Å². The highest BCUT2D eigenvalue weighted by molar-refractivity contribution is 5.78. The quantitative estimate of drug-likeness (QED) is 0.307. The number of hydrogen-bond donors (Lipinski definition) is 3. The number of Topliss-reactive ketones (excluding diaryl/α,β-unsaturated/α-hetero) is 1. The van der Waals surface area contributed by atoms with Crippen LogP contribution in [-0.2, 0) is 4.79 Å². The second kappa shape index (κ2) is 11.5. The average molecular weight is 489 g/mol. The van der Waals surface area contributed by atoms with Crippen LogP contribution in [-0.4, -0.2) is 42.2 Å². The lowest BCUT2D eigenvalue weighted by Crippen LogP contribution is -2.59. The summed E-state index contributed by atoms with van der Waals surface area (Å²) in [7, 11) is 0. The molecule has 0 bridgehead atoms. The van der Waals surface area contributed by atoms with Crippen LogP contribution in [0.15, 0.2) is 0 Å². The third-order valence-corrected chi connectivity index (χ3v) is 11.5. The summed E-state index contributed by atoms with van der Waals surface area (Å²) in [6.45, 7) is 13.7. The Morgan fingerprint density at radius 1 is 0.943 bits per heavy atom. The number of aliphatic hydroxyl groups excluding tert-OH is 1. The van der Waals surface area contributed by atoms with Crippen LogP contribution in [0, 0.1) is 40.4 Å². The first-order valence-electron chi connectivity index (χ1n) is 15.4. The maximum absolute atomic E-state index is 12.1. The lowest BCUT2D eigenvalue weighted by Gasteiger charge is -2.62. The number of rotatable bonds is 11. The van der Waals surface area contributed by atoms with E-state index in [0.29, 0.717) is 40.5 Å². The molecule has 5 unspecified atom stereocenters. The summed E-state index contributed by atoms with van der Waals surface area (Å²) in [5.74, 6) is 3.98. The van der Waals surface area contributed by atoms with E-state index < -0.39 is 0 Å². The first kappa shape index (κ1) is 27.6. The summed E-state index contributed by atoms with van der Waals surface area (Å²) in [4.78, 5) is 12.1. The lowest BCUT2D eigenvalue weighted by molar-refractivity contribution is -0.161. The van der Waals surface area contributed by atoms with Crippen LogP contribution in [0.5, 0.6) is 0 Å². The molecule has 0 heterocycles. The third-order valence-electron chi connectivity index (χ3n) is 11.5. The molecule has 35 heavy (non-hydrogen) atoms. The molecular formula is C31H56N2O2. The van der Waals surface area contributed by atoms with E-state index in [1.807, 2.05) is 0 Å². The molecule has 4 nitrogen and oxygen atoms in total. The number of nitrogens with one attached hydrogen (secondary N) is 2. The van der Waals surface area contributed by atoms with Crippen LogP contribution < -0.4 is 10.6 Å². The lowest BCUT2D eigenvalue weighted by atomic mass is 9.44. The highest BCUT2D eigenvalue weighted by Crippen LogP contribution is 2.67. The van der Waals surface area contributed by atoms with Crippen molar-refractivity contribution in [1.82, 2.24) is 10.6 Å². The molecule has 202 valence electrons. The van der Waals surface area contributed by atoms with E-state index in [0.717, 1.165) is 69.4 Å². The van der Waals surface area contributed by atoms with Crippen molar-refractivity contribution in [3.05, 3.63) is 0 Å². The monoisotopic (exact) mass is 488 g/mol. The van der Waals surface area contributed by atoms with Crippen LogP contribution in [0.1, 0.15) is 118 Å². The molecule has 9 atom stereocenters. The van der Waals surface area contributed by atoms with Gasteiger partial charge in [-0.2, -0.15) is 0 Å². The molecule has 0 amide bonds. The first-order valence-corrected chi connectivity index (χ1v) is 15.4. The van der Waals surface area contributed by atoms with Crippen LogP contribution in [0.4, 0.5) is 0 Å². The van der Waals surface area contributed by atoms with Crippen molar-refractivity contribution >= 4 is 5.78 Å². The maximum Gasteiger partial charge on any atom is 0.132 e. The molecular weight excluding hydrogens is 432 g/mol. The van der Waals surface area contributed by atoms with E-state index >= 15 is 0 Å². The van der Waals surface area contributed by atoms with Crippen molar-refractivity contribution < 1.29 is 9.90 Å². The smallest absolute Gasteiger partial charge is 0.132 e. The number of fused-ring (bicyclic) bond motifs is 5. The molecule has 4 aliphatic rings. The molecule has 0 aliphatic heterocycles. The average Bonchev–Trinajstić information content (AvgIpc) is 3.14. The SMILES string of the molecule is CCCC(=O)CCC[C@H]1CCC2C3C[C@H](O)C4CC(NCCNC(C)C)CC[C@]4(C)C3CC[C@@]21C. The second-order valence-corrected chi connectivity index (χ2v) is 13.8. The normalized spacial score (nSPS) is 43.0. The zero-order valence-electron chi connectivity index (χ0n) is 23.6. The van der Waals surface area contributed by atoms with E-state index in [9.17, 15) is 9.90 Å². The molecule has 4 heteroatoms. The van der Waals surface area contributed by atoms with Gasteiger partial charge in [0.2, 0.25) is 0 Å². The van der Waals surface area contributed by atoms with Crippen LogP contribution >= 0.6 is 0 Å². The predicted molar refractivity (Wildman–Crippen MR) is 145 cm³/mol. The number of ketones is 1. The summed E-state index contributed by atoms with van der Waals surface area (Å²) in [6.07, 6.45) is 14.9. The van der Waals surface area contributed by atoms with Crippen molar-refractivity contribution in [3.63, 3.8) is 0 Å². The van der Waals surface area contributed by atoms with E-state index in [4.69, 9.17) is 0 Å². The summed E-state index contributed by atoms with van der Waals surface area (Å²) in [5.41, 5.74) is 0.739. The van der Waals surface area contributed by atoms with E-state index in [1.165, 1.54) is 44.9 Å². The molecule has 3 N–H and O–H groups in total. The maximum atomic E-state index is 12.1. The van der Waals surface area contributed by atoms with Crippen molar-refractivity contribution in [2.24, 2.45) is 40.4 Å². The standard InChI is InChI=1S/C31H56N2O2/c1-6-8-24(34)10-7-9-22-11-12-26-25-20-29(35)28-19-23(33-18-17-32-21(2)3)13-15-31(28,5)27(25)14-16-30(22,26)4/h21-23,25-29,32-33,35H,6-20H2,1-5H3/t22-,23?,25?,26?,27?,28?,29-,30+,31+/m0/s1. The van der Waals surface area contributed by atoms with Gasteiger partial charge in [-0.25, -0.2) is 0 Å². The Morgan fingerprint density at radius 3 is 2.43 bits per heavy atom. The third kappa shape index (κ3) is 5.70. The van der Waals surface area contributed by atoms with E-state index in [1.54, 1.807) is 0 Å². The fourth-order valence-corrected chi connectivity index (χ4v) is 9.65. The topological polar surface area (TPSA) is 61.4 Å². The van der Waals surface area contributed by atoms with E-state index in [-0.39, 0.29) is 6.10 Å². The van der Waals surface area contributed by atoms with Gasteiger partial charge in [0.25, 0.3) is 0 Å². The minimum absolute atomic E-state index is 0.132. The minimum atomic E-state index is -0.132. The molecule has 0 aromatic rings. The van der Waals surface area contributed by atoms with Gasteiger partial charge in [-0.3, -0.25) is 4.79 Å². The Morgan fingerprint density at radius 2 is 1.69 bits per heavy atom. The summed E-state index contributed by atoms with van der Waals surface area (Å²) in [5, 5.41) is 18.8. The Kier molecular flexibility index (Phi) is 9.08. The van der Waals surface area contributed by atoms with Crippen LogP contribution in [0.25, 0.3) is 0 Å². The second-order valence-electron chi connectivity index (χ2n) is 13.8. The number of hydrogen-bond acceptors (Lipinski definition) is 4. The van der Waals surface area contributed by atoms with Crippen LogP contribution in [0.3, 0.4) is 0 Å². The number of aliphatic hydroxyl groups is 1. The molecule has 4 aliphatic carbocycles. The van der Waals surface area contributed by atoms with Gasteiger partial charge in [-0.1, -0.05) is 34.6 Å². The van der Waals surface area contributed by atoms with Crippen molar-refractivity contribution in [3.8, 4) is 0 Å². The molecule has 0 aromatic heterocycles. The predicted octanol–water partition coefficient (Wildman–Crippen LogP) is 6.11. The van der Waals surface area contributed by atoms with Gasteiger partial charge < -0.3 is 15.7 Å². The first-order chi connectivity index (χ1) is 16.7. The molecule has 0 radical (unpaired) electrons. The Labute approximate surface area is 216 Å². The Hall–Kier alpha value is -0.450. The van der Waals surface area contributed by atoms with Gasteiger partial charge in [0.15, 0.2) is 0 Å². The highest BCUT2D eigenvalue weighted by Gasteiger charge is 2.61. The zero-order valence-corrected chi connectivity index (χ0v) is 23.6. The van der Waals surface area contributed by atoms with Gasteiger partial charge in [-0.05, 0) is 111 Å². The van der Waals surface area contributed by atoms with Gasteiger partial charge in [0.05, 0.1) is 6.10 Å². The van der Waals surface area contributed by atoms with Crippen molar-refractivity contribution in [2.75, 3.05) is 13.1 Å². The molecule has 4 saturated carbocycles. The summed E-state index contributed by atoms with van der Waals surface area (Å²) < 4.78 is 0. The Balaban J connectivity index is 1.36. The molecule has 4 rings (SSSR count). The summed E-state index contributed by atoms with van der Waals surface area (Å²) in [6, 6.07) is 1.10. The molecule has 0 spiro atoms.